The molecule has 0 amide bonds. The van der Waals surface area contributed by atoms with Crippen molar-refractivity contribution in [3.63, 3.8) is 0 Å². The normalized spacial score (nSPS) is 11.1. The Morgan fingerprint density at radius 1 is 1.08 bits per heavy atom. The van der Waals surface area contributed by atoms with Gasteiger partial charge in [0.25, 0.3) is 5.56 Å². The van der Waals surface area contributed by atoms with Crippen LogP contribution in [0, 0.1) is 0 Å². The van der Waals surface area contributed by atoms with Crippen LogP contribution in [-0.2, 0) is 6.42 Å². The molecule has 0 aliphatic heterocycles. The number of nitrogens with zero attached hydrogens (tertiary/aromatic N) is 1. The molecule has 0 bridgehead atoms. The van der Waals surface area contributed by atoms with Crippen molar-refractivity contribution >= 4 is 26.8 Å². The Hall–Kier alpha value is -2.66. The molecule has 25 heavy (non-hydrogen) atoms. The number of fused-ring (bicyclic) bond motifs is 1. The minimum absolute atomic E-state index is 0.131. The summed E-state index contributed by atoms with van der Waals surface area (Å²) >= 11 is 3.54. The standard InChI is InChI=1S/C20H16BrN3O/c1-2-12-3-5-13(6-4-12)18-15-9-14(21)7-8-16(15)24-20(25)19(18)17-10-22-11-23-17/h3-11H,2H2,1H3,(H,22,23)(H,24,25). The quantitative estimate of drug-likeness (QED) is 0.519. The summed E-state index contributed by atoms with van der Waals surface area (Å²) in [5.41, 5.74) is 5.18. The van der Waals surface area contributed by atoms with Crippen LogP contribution in [0.1, 0.15) is 12.5 Å². The smallest absolute Gasteiger partial charge is 0.258 e. The van der Waals surface area contributed by atoms with Crippen molar-refractivity contribution in [3.05, 3.63) is 75.4 Å². The van der Waals surface area contributed by atoms with E-state index in [9.17, 15) is 4.79 Å². The van der Waals surface area contributed by atoms with Crippen molar-refractivity contribution in [1.29, 1.82) is 0 Å². The highest BCUT2D eigenvalue weighted by molar-refractivity contribution is 9.10. The number of halogens is 1. The van der Waals surface area contributed by atoms with E-state index in [4.69, 9.17) is 0 Å². The molecule has 4 rings (SSSR count). The van der Waals surface area contributed by atoms with E-state index < -0.39 is 0 Å². The lowest BCUT2D eigenvalue weighted by Gasteiger charge is -2.13. The van der Waals surface area contributed by atoms with Gasteiger partial charge in [0, 0.05) is 20.9 Å². The van der Waals surface area contributed by atoms with Crippen LogP contribution in [0.3, 0.4) is 0 Å². The van der Waals surface area contributed by atoms with Crippen LogP contribution in [0.5, 0.6) is 0 Å². The van der Waals surface area contributed by atoms with Crippen LogP contribution in [-0.4, -0.2) is 15.0 Å². The van der Waals surface area contributed by atoms with Gasteiger partial charge in [0.2, 0.25) is 0 Å². The second-order valence-corrected chi connectivity index (χ2v) is 6.83. The SMILES string of the molecule is CCc1ccc(-c2c(-c3cnc[nH]3)c(=O)[nH]c3ccc(Br)cc23)cc1. The van der Waals surface area contributed by atoms with Gasteiger partial charge in [-0.15, -0.1) is 0 Å². The van der Waals surface area contributed by atoms with E-state index in [1.165, 1.54) is 5.56 Å². The summed E-state index contributed by atoms with van der Waals surface area (Å²) in [5, 5.41) is 0.989. The molecular weight excluding hydrogens is 378 g/mol. The molecule has 4 aromatic rings. The van der Waals surface area contributed by atoms with Crippen LogP contribution < -0.4 is 5.56 Å². The first-order valence-corrected chi connectivity index (χ1v) is 8.90. The average Bonchev–Trinajstić information content (AvgIpc) is 3.15. The molecule has 0 aliphatic rings. The molecule has 0 saturated heterocycles. The maximum atomic E-state index is 12.8. The summed E-state index contributed by atoms with van der Waals surface area (Å²) in [5.74, 6) is 0. The van der Waals surface area contributed by atoms with E-state index in [2.05, 4.69) is 62.1 Å². The van der Waals surface area contributed by atoms with Gasteiger partial charge in [-0.1, -0.05) is 47.1 Å². The van der Waals surface area contributed by atoms with Gasteiger partial charge in [0.1, 0.15) is 0 Å². The minimum Gasteiger partial charge on any atom is -0.344 e. The number of hydrogen-bond donors (Lipinski definition) is 2. The Bertz CT molecular complexity index is 1100. The highest BCUT2D eigenvalue weighted by Gasteiger charge is 2.17. The van der Waals surface area contributed by atoms with Crippen LogP contribution in [0.15, 0.2) is 64.3 Å². The maximum Gasteiger partial charge on any atom is 0.258 e. The van der Waals surface area contributed by atoms with Crippen molar-refractivity contribution in [3.8, 4) is 22.4 Å². The van der Waals surface area contributed by atoms with Crippen molar-refractivity contribution in [1.82, 2.24) is 15.0 Å². The largest absolute Gasteiger partial charge is 0.344 e. The van der Waals surface area contributed by atoms with Crippen molar-refractivity contribution in [2.45, 2.75) is 13.3 Å². The number of H-pyrrole nitrogens is 2. The molecular formula is C20H16BrN3O. The first-order valence-electron chi connectivity index (χ1n) is 8.11. The lowest BCUT2D eigenvalue weighted by Crippen LogP contribution is -2.11. The molecule has 0 radical (unpaired) electrons. The third-order valence-electron chi connectivity index (χ3n) is 4.39. The van der Waals surface area contributed by atoms with Gasteiger partial charge in [0.15, 0.2) is 0 Å². The van der Waals surface area contributed by atoms with Gasteiger partial charge in [-0.3, -0.25) is 4.79 Å². The van der Waals surface area contributed by atoms with E-state index in [0.717, 1.165) is 32.9 Å². The average molecular weight is 394 g/mol. The predicted octanol–water partition coefficient (Wildman–Crippen LogP) is 4.91. The molecule has 0 unspecified atom stereocenters. The fourth-order valence-corrected chi connectivity index (χ4v) is 3.48. The van der Waals surface area contributed by atoms with Crippen LogP contribution in [0.25, 0.3) is 33.3 Å². The number of aryl methyl sites for hydroxylation is 1. The van der Waals surface area contributed by atoms with E-state index in [0.29, 0.717) is 11.3 Å². The molecule has 0 saturated carbocycles. The highest BCUT2D eigenvalue weighted by Crippen LogP contribution is 2.35. The van der Waals surface area contributed by atoms with E-state index in [-0.39, 0.29) is 5.56 Å². The zero-order chi connectivity index (χ0) is 17.4. The number of pyridine rings is 1. The third-order valence-corrected chi connectivity index (χ3v) is 4.89. The molecule has 124 valence electrons. The molecule has 2 aromatic heterocycles. The lowest BCUT2D eigenvalue weighted by atomic mass is 9.94. The molecule has 2 N–H and O–H groups in total. The van der Waals surface area contributed by atoms with Crippen LogP contribution >= 0.6 is 15.9 Å². The molecule has 2 aromatic carbocycles. The third kappa shape index (κ3) is 2.81. The Labute approximate surface area is 153 Å². The van der Waals surface area contributed by atoms with Crippen molar-refractivity contribution in [2.75, 3.05) is 0 Å². The number of imidazole rings is 1. The molecule has 0 spiro atoms. The first-order chi connectivity index (χ1) is 12.2. The van der Waals surface area contributed by atoms with E-state index >= 15 is 0 Å². The number of rotatable bonds is 3. The highest BCUT2D eigenvalue weighted by atomic mass is 79.9. The minimum atomic E-state index is -0.131. The number of aromatic nitrogens is 3. The second kappa shape index (κ2) is 6.33. The van der Waals surface area contributed by atoms with Gasteiger partial charge in [-0.2, -0.15) is 0 Å². The monoisotopic (exact) mass is 393 g/mol. The molecule has 5 heteroatoms. The second-order valence-electron chi connectivity index (χ2n) is 5.91. The molecule has 0 aliphatic carbocycles. The maximum absolute atomic E-state index is 12.8. The summed E-state index contributed by atoms with van der Waals surface area (Å²) in [6.07, 6.45) is 4.25. The zero-order valence-corrected chi connectivity index (χ0v) is 15.2. The number of nitrogens with one attached hydrogen (secondary N) is 2. The summed E-state index contributed by atoms with van der Waals surface area (Å²) in [6.45, 7) is 2.13. The van der Waals surface area contributed by atoms with E-state index in [1.54, 1.807) is 12.5 Å². The Balaban J connectivity index is 2.12. The van der Waals surface area contributed by atoms with Crippen molar-refractivity contribution < 1.29 is 0 Å². The fraction of sp³-hybridized carbons (Fsp3) is 0.100. The van der Waals surface area contributed by atoms with Gasteiger partial charge in [-0.05, 0) is 35.7 Å². The van der Waals surface area contributed by atoms with Crippen LogP contribution in [0.2, 0.25) is 0 Å². The summed E-state index contributed by atoms with van der Waals surface area (Å²) in [7, 11) is 0. The number of hydrogen-bond acceptors (Lipinski definition) is 2. The topological polar surface area (TPSA) is 61.5 Å². The van der Waals surface area contributed by atoms with E-state index in [1.807, 2.05) is 18.2 Å². The summed E-state index contributed by atoms with van der Waals surface area (Å²) in [4.78, 5) is 22.9. The summed E-state index contributed by atoms with van der Waals surface area (Å²) < 4.78 is 0.967. The first kappa shape index (κ1) is 15.8. The van der Waals surface area contributed by atoms with Gasteiger partial charge in [-0.25, -0.2) is 4.98 Å². The van der Waals surface area contributed by atoms with Gasteiger partial charge >= 0.3 is 0 Å². The molecule has 2 heterocycles. The molecule has 0 fully saturated rings. The Morgan fingerprint density at radius 3 is 2.56 bits per heavy atom. The van der Waals surface area contributed by atoms with Crippen molar-refractivity contribution in [2.24, 2.45) is 0 Å². The van der Waals surface area contributed by atoms with Gasteiger partial charge in [0.05, 0.1) is 23.8 Å². The van der Waals surface area contributed by atoms with Crippen LogP contribution in [0.4, 0.5) is 0 Å². The van der Waals surface area contributed by atoms with Gasteiger partial charge < -0.3 is 9.97 Å². The number of aromatic amines is 2. The molecule has 4 nitrogen and oxygen atoms in total. The fourth-order valence-electron chi connectivity index (χ4n) is 3.12. The molecule has 0 atom stereocenters. The Morgan fingerprint density at radius 2 is 1.88 bits per heavy atom. The zero-order valence-electron chi connectivity index (χ0n) is 13.6. The number of benzene rings is 2. The predicted molar refractivity (Wildman–Crippen MR) is 105 cm³/mol. The Kier molecular flexibility index (Phi) is 4.01. The lowest BCUT2D eigenvalue weighted by molar-refractivity contribution is 1.14. The summed E-state index contributed by atoms with van der Waals surface area (Å²) in [6, 6.07) is 14.3.